The number of carbonyl (C=O) groups excluding carboxylic acids is 1. The molecule has 1 aromatic carbocycles. The Morgan fingerprint density at radius 2 is 2.15 bits per heavy atom. The van der Waals surface area contributed by atoms with E-state index in [9.17, 15) is 14.4 Å². The molecule has 1 aromatic heterocycles. The van der Waals surface area contributed by atoms with Crippen molar-refractivity contribution >= 4 is 23.0 Å². The lowest BCUT2D eigenvalue weighted by Crippen LogP contribution is -2.19. The molecular weight excluding hydrogens is 264 g/mol. The number of benzene rings is 1. The molecule has 2 N–H and O–H groups in total. The van der Waals surface area contributed by atoms with Crippen LogP contribution in [0.15, 0.2) is 23.0 Å². The molecule has 0 aliphatic rings. The first kappa shape index (κ1) is 13.9. The summed E-state index contributed by atoms with van der Waals surface area (Å²) in [5, 5.41) is 8.96. The molecule has 106 valence electrons. The van der Waals surface area contributed by atoms with Crippen LogP contribution in [-0.2, 0) is 16.1 Å². The Hall–Kier alpha value is -2.57. The van der Waals surface area contributed by atoms with Crippen molar-refractivity contribution in [1.82, 2.24) is 9.55 Å². The van der Waals surface area contributed by atoms with E-state index in [2.05, 4.69) is 4.98 Å². The van der Waals surface area contributed by atoms with Gasteiger partial charge in [-0.2, -0.15) is 0 Å². The molecule has 7 heteroatoms. The van der Waals surface area contributed by atoms with E-state index in [1.807, 2.05) is 0 Å². The zero-order chi connectivity index (χ0) is 14.7. The number of carboxylic acid groups (broad SMARTS) is 1. The Labute approximate surface area is 113 Å². The number of aromatic amines is 1. The molecule has 0 aliphatic heterocycles. The SMILES string of the molecule is CCOC(=O)CCn1c(=O)[nH]c2ccc(C(=O)O)cc21. The number of imidazole rings is 1. The van der Waals surface area contributed by atoms with Crippen molar-refractivity contribution in [3.63, 3.8) is 0 Å². The van der Waals surface area contributed by atoms with Gasteiger partial charge in [0.2, 0.25) is 0 Å². The first-order valence-corrected chi connectivity index (χ1v) is 6.14. The van der Waals surface area contributed by atoms with E-state index >= 15 is 0 Å². The number of carboxylic acids is 1. The van der Waals surface area contributed by atoms with E-state index in [0.717, 1.165) is 0 Å². The first-order chi connectivity index (χ1) is 9.52. The molecule has 20 heavy (non-hydrogen) atoms. The molecule has 1 heterocycles. The quantitative estimate of drug-likeness (QED) is 0.794. The molecule has 2 rings (SSSR count). The summed E-state index contributed by atoms with van der Waals surface area (Å²) in [5.74, 6) is -1.47. The number of aromatic nitrogens is 2. The maximum atomic E-state index is 11.8. The second-order valence-corrected chi connectivity index (χ2v) is 4.17. The summed E-state index contributed by atoms with van der Waals surface area (Å²) in [7, 11) is 0. The highest BCUT2D eigenvalue weighted by Crippen LogP contribution is 2.13. The number of rotatable bonds is 5. The van der Waals surface area contributed by atoms with Crippen LogP contribution in [0.5, 0.6) is 0 Å². The van der Waals surface area contributed by atoms with Gasteiger partial charge >= 0.3 is 17.6 Å². The van der Waals surface area contributed by atoms with Crippen molar-refractivity contribution in [2.75, 3.05) is 6.61 Å². The minimum atomic E-state index is -1.07. The van der Waals surface area contributed by atoms with E-state index in [1.54, 1.807) is 6.92 Å². The second kappa shape index (κ2) is 5.60. The van der Waals surface area contributed by atoms with Crippen molar-refractivity contribution in [2.24, 2.45) is 0 Å². The van der Waals surface area contributed by atoms with Gasteiger partial charge in [0.05, 0.1) is 29.6 Å². The summed E-state index contributed by atoms with van der Waals surface area (Å²) in [4.78, 5) is 36.7. The van der Waals surface area contributed by atoms with Crippen LogP contribution >= 0.6 is 0 Å². The van der Waals surface area contributed by atoms with E-state index in [1.165, 1.54) is 22.8 Å². The number of ether oxygens (including phenoxy) is 1. The number of hydrogen-bond acceptors (Lipinski definition) is 4. The maximum Gasteiger partial charge on any atom is 0.335 e. The van der Waals surface area contributed by atoms with E-state index < -0.39 is 11.9 Å². The highest BCUT2D eigenvalue weighted by atomic mass is 16.5. The molecule has 0 aliphatic carbocycles. The van der Waals surface area contributed by atoms with Crippen molar-refractivity contribution in [3.8, 4) is 0 Å². The Morgan fingerprint density at radius 1 is 1.40 bits per heavy atom. The molecular formula is C13H14N2O5. The minimum absolute atomic E-state index is 0.0536. The predicted molar refractivity (Wildman–Crippen MR) is 70.8 cm³/mol. The van der Waals surface area contributed by atoms with Gasteiger partial charge < -0.3 is 14.8 Å². The maximum absolute atomic E-state index is 11.8. The molecule has 0 atom stereocenters. The van der Waals surface area contributed by atoms with Gasteiger partial charge in [0.1, 0.15) is 0 Å². The van der Waals surface area contributed by atoms with Gasteiger partial charge in [0, 0.05) is 6.54 Å². The van der Waals surface area contributed by atoms with Crippen molar-refractivity contribution in [1.29, 1.82) is 0 Å². The molecule has 0 amide bonds. The number of carbonyl (C=O) groups is 2. The Morgan fingerprint density at radius 3 is 2.80 bits per heavy atom. The van der Waals surface area contributed by atoms with Gasteiger partial charge in [-0.05, 0) is 25.1 Å². The fourth-order valence-electron chi connectivity index (χ4n) is 1.94. The fraction of sp³-hybridized carbons (Fsp3) is 0.308. The number of nitrogens with zero attached hydrogens (tertiary/aromatic N) is 1. The third-order valence-corrected chi connectivity index (χ3v) is 2.87. The normalized spacial score (nSPS) is 10.7. The zero-order valence-corrected chi connectivity index (χ0v) is 10.9. The number of nitrogens with one attached hydrogen (secondary N) is 1. The lowest BCUT2D eigenvalue weighted by atomic mass is 10.2. The van der Waals surface area contributed by atoms with Gasteiger partial charge in [-0.25, -0.2) is 9.59 Å². The molecule has 0 fully saturated rings. The first-order valence-electron chi connectivity index (χ1n) is 6.14. The van der Waals surface area contributed by atoms with E-state index in [-0.39, 0.29) is 30.8 Å². The van der Waals surface area contributed by atoms with Gasteiger partial charge in [-0.15, -0.1) is 0 Å². The van der Waals surface area contributed by atoms with Crippen molar-refractivity contribution in [3.05, 3.63) is 34.2 Å². The highest BCUT2D eigenvalue weighted by Gasteiger charge is 2.12. The van der Waals surface area contributed by atoms with E-state index in [4.69, 9.17) is 9.84 Å². The predicted octanol–water partition coefficient (Wildman–Crippen LogP) is 0.981. The smallest absolute Gasteiger partial charge is 0.335 e. The summed E-state index contributed by atoms with van der Waals surface area (Å²) in [6.07, 6.45) is 0.0536. The Kier molecular flexibility index (Phi) is 3.88. The molecule has 0 spiro atoms. The van der Waals surface area contributed by atoms with Gasteiger partial charge in [-0.3, -0.25) is 9.36 Å². The van der Waals surface area contributed by atoms with Crippen LogP contribution in [0.1, 0.15) is 23.7 Å². The number of esters is 1. The molecule has 0 bridgehead atoms. The number of hydrogen-bond donors (Lipinski definition) is 2. The average Bonchev–Trinajstić information content (AvgIpc) is 2.71. The van der Waals surface area contributed by atoms with Crippen LogP contribution in [0, 0.1) is 0 Å². The number of H-pyrrole nitrogens is 1. The van der Waals surface area contributed by atoms with Crippen LogP contribution in [0.4, 0.5) is 0 Å². The second-order valence-electron chi connectivity index (χ2n) is 4.17. The van der Waals surface area contributed by atoms with Crippen LogP contribution in [0.2, 0.25) is 0 Å². The molecule has 7 nitrogen and oxygen atoms in total. The number of fused-ring (bicyclic) bond motifs is 1. The third kappa shape index (κ3) is 2.71. The van der Waals surface area contributed by atoms with E-state index in [0.29, 0.717) is 11.0 Å². The molecule has 0 radical (unpaired) electrons. The average molecular weight is 278 g/mol. The highest BCUT2D eigenvalue weighted by molar-refractivity contribution is 5.92. The number of aryl methyl sites for hydroxylation is 1. The van der Waals surface area contributed by atoms with Crippen molar-refractivity contribution in [2.45, 2.75) is 19.9 Å². The summed E-state index contributed by atoms with van der Waals surface area (Å²) in [6, 6.07) is 4.35. The van der Waals surface area contributed by atoms with Gasteiger partial charge in [0.15, 0.2) is 0 Å². The number of aromatic carboxylic acids is 1. The van der Waals surface area contributed by atoms with Crippen LogP contribution in [-0.4, -0.2) is 33.2 Å². The summed E-state index contributed by atoms with van der Waals surface area (Å²) >= 11 is 0. The topological polar surface area (TPSA) is 101 Å². The molecule has 0 saturated heterocycles. The van der Waals surface area contributed by atoms with Crippen LogP contribution in [0.3, 0.4) is 0 Å². The summed E-state index contributed by atoms with van der Waals surface area (Å²) < 4.78 is 6.13. The van der Waals surface area contributed by atoms with Gasteiger partial charge in [-0.1, -0.05) is 0 Å². The molecule has 0 unspecified atom stereocenters. The standard InChI is InChI=1S/C13H14N2O5/c1-2-20-11(16)5-6-15-10-7-8(12(17)18)3-4-9(10)14-13(15)19/h3-4,7H,2,5-6H2,1H3,(H,14,19)(H,17,18). The Balaban J connectivity index is 2.34. The minimum Gasteiger partial charge on any atom is -0.478 e. The lowest BCUT2D eigenvalue weighted by molar-refractivity contribution is -0.143. The van der Waals surface area contributed by atoms with Crippen LogP contribution in [0.25, 0.3) is 11.0 Å². The monoisotopic (exact) mass is 278 g/mol. The fourth-order valence-corrected chi connectivity index (χ4v) is 1.94. The molecule has 2 aromatic rings. The third-order valence-electron chi connectivity index (χ3n) is 2.87. The van der Waals surface area contributed by atoms with Crippen LogP contribution < -0.4 is 5.69 Å². The van der Waals surface area contributed by atoms with Gasteiger partial charge in [0.25, 0.3) is 0 Å². The zero-order valence-electron chi connectivity index (χ0n) is 10.9. The summed E-state index contributed by atoms with van der Waals surface area (Å²) in [6.45, 7) is 2.13. The largest absolute Gasteiger partial charge is 0.478 e. The Bertz CT molecular complexity index is 713. The van der Waals surface area contributed by atoms with Crippen molar-refractivity contribution < 1.29 is 19.4 Å². The molecule has 0 saturated carbocycles. The lowest BCUT2D eigenvalue weighted by Gasteiger charge is -2.04. The summed E-state index contributed by atoms with van der Waals surface area (Å²) in [5.41, 5.74) is 0.691.